The van der Waals surface area contributed by atoms with Crippen LogP contribution in [-0.4, -0.2) is 32.4 Å². The predicted octanol–water partition coefficient (Wildman–Crippen LogP) is 4.47. The number of carbonyl (C=O) groups excluding carboxylic acids is 1. The molecule has 0 bridgehead atoms. The monoisotopic (exact) mass is 433 g/mol. The average molecular weight is 433 g/mol. The van der Waals surface area contributed by atoms with E-state index >= 15 is 0 Å². The number of carbonyl (C=O) groups is 1. The molecule has 0 aliphatic heterocycles. The van der Waals surface area contributed by atoms with Gasteiger partial charge in [-0.3, -0.25) is 4.79 Å². The van der Waals surface area contributed by atoms with Crippen LogP contribution in [-0.2, 0) is 6.42 Å². The van der Waals surface area contributed by atoms with E-state index in [1.54, 1.807) is 35.9 Å². The van der Waals surface area contributed by atoms with Crippen molar-refractivity contribution in [3.63, 3.8) is 0 Å². The highest BCUT2D eigenvalue weighted by atomic mass is 19.1. The van der Waals surface area contributed by atoms with E-state index < -0.39 is 0 Å². The number of aryl methyl sites for hydroxylation is 1. The van der Waals surface area contributed by atoms with E-state index in [2.05, 4.69) is 34.5 Å². The Bertz CT molecular complexity index is 1230. The molecule has 1 N–H and O–H groups in total. The van der Waals surface area contributed by atoms with Crippen molar-refractivity contribution < 1.29 is 13.6 Å². The zero-order valence-electron chi connectivity index (χ0n) is 18.2. The van der Waals surface area contributed by atoms with Gasteiger partial charge in [0.05, 0.1) is 5.69 Å². The molecule has 0 atom stereocenters. The first-order chi connectivity index (χ1) is 15.4. The third kappa shape index (κ3) is 4.74. The normalized spacial score (nSPS) is 11.2. The van der Waals surface area contributed by atoms with Crippen molar-refractivity contribution in [1.82, 2.24) is 25.3 Å². The van der Waals surface area contributed by atoms with Crippen molar-refractivity contribution in [2.75, 3.05) is 6.54 Å². The maximum atomic E-state index is 13.0. The molecule has 7 nitrogen and oxygen atoms in total. The average Bonchev–Trinajstić information content (AvgIpc) is 3.42. The summed E-state index contributed by atoms with van der Waals surface area (Å²) in [5, 5.41) is 15.5. The van der Waals surface area contributed by atoms with E-state index in [0.29, 0.717) is 36.0 Å². The summed E-state index contributed by atoms with van der Waals surface area (Å²) < 4.78 is 20.3. The molecule has 0 fully saturated rings. The molecule has 4 rings (SSSR count). The maximum absolute atomic E-state index is 13.0. The molecule has 0 saturated carbocycles. The molecule has 0 aliphatic rings. The van der Waals surface area contributed by atoms with E-state index in [-0.39, 0.29) is 17.6 Å². The first kappa shape index (κ1) is 21.4. The Morgan fingerprint density at radius 1 is 1.12 bits per heavy atom. The SMILES string of the molecule is Cc1nnc(-c2cc(C(C)C)n(-c3cccc(C(=O)NCCc4ccc(F)cc4)c3)n2)o1. The van der Waals surface area contributed by atoms with Gasteiger partial charge >= 0.3 is 0 Å². The van der Waals surface area contributed by atoms with Crippen LogP contribution in [0.1, 0.15) is 47.3 Å². The van der Waals surface area contributed by atoms with Crippen molar-refractivity contribution in [3.05, 3.63) is 83.1 Å². The molecule has 0 spiro atoms. The minimum absolute atomic E-state index is 0.181. The quantitative estimate of drug-likeness (QED) is 0.465. The van der Waals surface area contributed by atoms with Crippen LogP contribution in [0, 0.1) is 12.7 Å². The second-order valence-corrected chi connectivity index (χ2v) is 7.83. The van der Waals surface area contributed by atoms with Gasteiger partial charge in [-0.05, 0) is 54.3 Å². The van der Waals surface area contributed by atoms with Crippen molar-refractivity contribution in [2.24, 2.45) is 0 Å². The van der Waals surface area contributed by atoms with Crippen molar-refractivity contribution in [3.8, 4) is 17.3 Å². The molecule has 0 unspecified atom stereocenters. The molecule has 1 amide bonds. The van der Waals surface area contributed by atoms with Gasteiger partial charge in [0.15, 0.2) is 0 Å². The lowest BCUT2D eigenvalue weighted by atomic mass is 10.1. The number of nitrogens with zero attached hydrogens (tertiary/aromatic N) is 4. The summed E-state index contributed by atoms with van der Waals surface area (Å²) in [5.74, 6) is 0.567. The molecule has 2 aromatic carbocycles. The van der Waals surface area contributed by atoms with E-state index in [1.165, 1.54) is 12.1 Å². The maximum Gasteiger partial charge on any atom is 0.268 e. The fourth-order valence-electron chi connectivity index (χ4n) is 3.37. The minimum atomic E-state index is -0.272. The van der Waals surface area contributed by atoms with E-state index in [9.17, 15) is 9.18 Å². The molecule has 4 aromatic rings. The summed E-state index contributed by atoms with van der Waals surface area (Å²) in [6, 6.07) is 15.5. The molecule has 0 radical (unpaired) electrons. The summed E-state index contributed by atoms with van der Waals surface area (Å²) in [6.45, 7) is 6.33. The molecule has 0 saturated heterocycles. The lowest BCUT2D eigenvalue weighted by Crippen LogP contribution is -2.25. The fourth-order valence-corrected chi connectivity index (χ4v) is 3.37. The predicted molar refractivity (Wildman–Crippen MR) is 118 cm³/mol. The minimum Gasteiger partial charge on any atom is -0.420 e. The molecule has 2 heterocycles. The van der Waals surface area contributed by atoms with Crippen LogP contribution in [0.15, 0.2) is 59.0 Å². The van der Waals surface area contributed by atoms with E-state index in [0.717, 1.165) is 16.9 Å². The van der Waals surface area contributed by atoms with Crippen molar-refractivity contribution in [1.29, 1.82) is 0 Å². The lowest BCUT2D eigenvalue weighted by Gasteiger charge is -2.11. The number of hydrogen-bond donors (Lipinski definition) is 1. The number of nitrogens with one attached hydrogen (secondary N) is 1. The van der Waals surface area contributed by atoms with Gasteiger partial charge in [0, 0.05) is 24.7 Å². The third-order valence-corrected chi connectivity index (χ3v) is 5.04. The smallest absolute Gasteiger partial charge is 0.268 e. The van der Waals surface area contributed by atoms with Crippen LogP contribution in [0.25, 0.3) is 17.3 Å². The topological polar surface area (TPSA) is 85.8 Å². The highest BCUT2D eigenvalue weighted by Crippen LogP contribution is 2.26. The number of aromatic nitrogens is 4. The van der Waals surface area contributed by atoms with Gasteiger partial charge in [-0.2, -0.15) is 5.10 Å². The first-order valence-corrected chi connectivity index (χ1v) is 10.4. The molecule has 164 valence electrons. The Kier molecular flexibility index (Phi) is 6.11. The number of amides is 1. The van der Waals surface area contributed by atoms with Crippen LogP contribution in [0.3, 0.4) is 0 Å². The Morgan fingerprint density at radius 3 is 2.59 bits per heavy atom. The Morgan fingerprint density at radius 2 is 1.91 bits per heavy atom. The van der Waals surface area contributed by atoms with Gasteiger partial charge in [0.25, 0.3) is 11.8 Å². The van der Waals surface area contributed by atoms with Crippen LogP contribution >= 0.6 is 0 Å². The van der Waals surface area contributed by atoms with Gasteiger partial charge in [-0.1, -0.05) is 32.0 Å². The highest BCUT2D eigenvalue weighted by molar-refractivity contribution is 5.94. The summed E-state index contributed by atoms with van der Waals surface area (Å²) in [5.41, 5.74) is 3.81. The van der Waals surface area contributed by atoms with Crippen LogP contribution < -0.4 is 5.32 Å². The number of benzene rings is 2. The highest BCUT2D eigenvalue weighted by Gasteiger charge is 2.18. The zero-order chi connectivity index (χ0) is 22.7. The molecular formula is C24H24FN5O2. The number of hydrogen-bond acceptors (Lipinski definition) is 5. The summed E-state index contributed by atoms with van der Waals surface area (Å²) >= 11 is 0. The second-order valence-electron chi connectivity index (χ2n) is 7.83. The van der Waals surface area contributed by atoms with Gasteiger partial charge in [-0.15, -0.1) is 10.2 Å². The fraction of sp³-hybridized carbons (Fsp3) is 0.250. The second kappa shape index (κ2) is 9.13. The molecule has 2 aromatic heterocycles. The summed E-state index contributed by atoms with van der Waals surface area (Å²) in [7, 11) is 0. The third-order valence-electron chi connectivity index (χ3n) is 5.04. The number of rotatable bonds is 7. The van der Waals surface area contributed by atoms with E-state index in [4.69, 9.17) is 4.42 Å². The molecular weight excluding hydrogens is 409 g/mol. The zero-order valence-corrected chi connectivity index (χ0v) is 18.2. The first-order valence-electron chi connectivity index (χ1n) is 10.4. The van der Waals surface area contributed by atoms with Crippen molar-refractivity contribution in [2.45, 2.75) is 33.1 Å². The summed E-state index contributed by atoms with van der Waals surface area (Å²) in [6.07, 6.45) is 0.620. The molecule has 32 heavy (non-hydrogen) atoms. The van der Waals surface area contributed by atoms with E-state index in [1.807, 2.05) is 18.2 Å². The molecule has 8 heteroatoms. The standard InChI is InChI=1S/C24H24FN5O2/c1-15(2)22-14-21(24-28-27-16(3)32-24)29-30(22)20-6-4-5-18(13-20)23(31)26-12-11-17-7-9-19(25)10-8-17/h4-10,13-15H,11-12H2,1-3H3,(H,26,31). The van der Waals surface area contributed by atoms with Crippen molar-refractivity contribution >= 4 is 5.91 Å². The van der Waals surface area contributed by atoms with Gasteiger partial charge in [0.1, 0.15) is 11.5 Å². The van der Waals surface area contributed by atoms with Crippen LogP contribution in [0.2, 0.25) is 0 Å². The largest absolute Gasteiger partial charge is 0.420 e. The van der Waals surface area contributed by atoms with Gasteiger partial charge in [-0.25, -0.2) is 9.07 Å². The Balaban J connectivity index is 1.52. The van der Waals surface area contributed by atoms with Gasteiger partial charge < -0.3 is 9.73 Å². The Labute approximate surface area is 185 Å². The molecule has 0 aliphatic carbocycles. The lowest BCUT2D eigenvalue weighted by molar-refractivity contribution is 0.0954. The number of halogens is 1. The Hall–Kier alpha value is -3.81. The van der Waals surface area contributed by atoms with Gasteiger partial charge in [0.2, 0.25) is 5.89 Å². The summed E-state index contributed by atoms with van der Waals surface area (Å²) in [4.78, 5) is 12.7. The van der Waals surface area contributed by atoms with Crippen LogP contribution in [0.4, 0.5) is 4.39 Å². The van der Waals surface area contributed by atoms with Crippen LogP contribution in [0.5, 0.6) is 0 Å².